The van der Waals surface area contributed by atoms with Crippen LogP contribution in [0.3, 0.4) is 0 Å². The van der Waals surface area contributed by atoms with Crippen LogP contribution in [0.1, 0.15) is 19.3 Å². The Kier molecular flexibility index (Phi) is 5.09. The van der Waals surface area contributed by atoms with Gasteiger partial charge >= 0.3 is 0 Å². The molecule has 1 aliphatic carbocycles. The summed E-state index contributed by atoms with van der Waals surface area (Å²) >= 11 is 0. The van der Waals surface area contributed by atoms with E-state index in [1.165, 1.54) is 0 Å². The number of hydrogen-bond donors (Lipinski definition) is 1. The third kappa shape index (κ3) is 3.83. The highest BCUT2D eigenvalue weighted by Crippen LogP contribution is 2.31. The molecule has 1 aromatic rings. The Morgan fingerprint density at radius 1 is 1.27 bits per heavy atom. The predicted molar refractivity (Wildman–Crippen MR) is 96.6 cm³/mol. The number of sulfone groups is 1. The Balaban J connectivity index is 1.44. The summed E-state index contributed by atoms with van der Waals surface area (Å²) in [5, 5.41) is 7.65. The fourth-order valence-electron chi connectivity index (χ4n) is 3.93. The molecule has 0 radical (unpaired) electrons. The van der Waals surface area contributed by atoms with Crippen molar-refractivity contribution in [1.29, 1.82) is 0 Å². The molecule has 0 amide bonds. The highest BCUT2D eigenvalue weighted by atomic mass is 32.2. The minimum Gasteiger partial charge on any atom is -0.379 e. The van der Waals surface area contributed by atoms with Gasteiger partial charge in [0, 0.05) is 50.1 Å². The number of fused-ring (bicyclic) bond motifs is 2. The van der Waals surface area contributed by atoms with E-state index in [1.54, 1.807) is 4.68 Å². The molecule has 0 spiro atoms. The summed E-state index contributed by atoms with van der Waals surface area (Å²) in [7, 11) is -3.41. The first kappa shape index (κ1) is 18.0. The molecule has 2 atom stereocenters. The monoisotopic (exact) mass is 382 g/mol. The van der Waals surface area contributed by atoms with Crippen molar-refractivity contribution < 1.29 is 13.2 Å². The molecule has 3 heterocycles. The molecule has 9 nitrogen and oxygen atoms in total. The number of nitrogens with one attached hydrogen (secondary N) is 1. The van der Waals surface area contributed by atoms with E-state index in [0.29, 0.717) is 18.4 Å². The molecular weight excluding hydrogens is 356 g/mol. The lowest BCUT2D eigenvalue weighted by molar-refractivity contribution is 0.0382. The smallest absolute Gasteiger partial charge is 0.268 e. The molecule has 0 aromatic carbocycles. The lowest BCUT2D eigenvalue weighted by atomic mass is 9.83. The fourth-order valence-corrected chi connectivity index (χ4v) is 4.43. The Labute approximate surface area is 153 Å². The molecule has 3 aliphatic rings. The minimum atomic E-state index is -3.41. The second kappa shape index (κ2) is 7.34. The third-order valence-corrected chi connectivity index (χ3v) is 6.17. The van der Waals surface area contributed by atoms with Gasteiger partial charge in [0.2, 0.25) is 15.8 Å². The SMILES string of the molecule is CS(=O)(=O)c1nc2n(n1)CC1CCCC(NCCN3CCOCC3)C1=N2. The van der Waals surface area contributed by atoms with E-state index in [2.05, 4.69) is 20.3 Å². The maximum atomic E-state index is 11.7. The lowest BCUT2D eigenvalue weighted by Crippen LogP contribution is -2.48. The molecule has 1 N–H and O–H groups in total. The number of aromatic nitrogens is 3. The number of hydrogen-bond acceptors (Lipinski definition) is 8. The van der Waals surface area contributed by atoms with E-state index >= 15 is 0 Å². The first-order valence-corrected chi connectivity index (χ1v) is 11.2. The summed E-state index contributed by atoms with van der Waals surface area (Å²) in [6, 6.07) is 0.238. The summed E-state index contributed by atoms with van der Waals surface area (Å²) in [4.78, 5) is 11.2. The highest BCUT2D eigenvalue weighted by Gasteiger charge is 2.34. The average Bonchev–Trinajstić information content (AvgIpc) is 3.04. The summed E-state index contributed by atoms with van der Waals surface area (Å²) in [6.07, 6.45) is 4.39. The minimum absolute atomic E-state index is 0.132. The zero-order chi connectivity index (χ0) is 18.1. The molecule has 26 heavy (non-hydrogen) atoms. The summed E-state index contributed by atoms with van der Waals surface area (Å²) in [6.45, 7) is 6.20. The zero-order valence-electron chi connectivity index (χ0n) is 15.1. The van der Waals surface area contributed by atoms with Crippen LogP contribution in [-0.4, -0.2) is 85.5 Å². The van der Waals surface area contributed by atoms with Crippen LogP contribution in [-0.2, 0) is 21.1 Å². The van der Waals surface area contributed by atoms with Crippen LogP contribution in [0.5, 0.6) is 0 Å². The van der Waals surface area contributed by atoms with Crippen molar-refractivity contribution in [1.82, 2.24) is 25.0 Å². The molecular formula is C16H26N6O3S. The summed E-state index contributed by atoms with van der Waals surface area (Å²) in [5.41, 5.74) is 1.11. The number of rotatable bonds is 5. The molecule has 0 bridgehead atoms. The summed E-state index contributed by atoms with van der Waals surface area (Å²) < 4.78 is 30.4. The number of aliphatic imine (C=N–C) groups is 1. The average molecular weight is 382 g/mol. The van der Waals surface area contributed by atoms with Gasteiger partial charge in [0.05, 0.1) is 19.8 Å². The van der Waals surface area contributed by atoms with E-state index in [9.17, 15) is 8.42 Å². The first-order chi connectivity index (χ1) is 12.5. The van der Waals surface area contributed by atoms with Gasteiger partial charge in [-0.1, -0.05) is 6.42 Å². The highest BCUT2D eigenvalue weighted by molar-refractivity contribution is 7.90. The van der Waals surface area contributed by atoms with Crippen LogP contribution in [0, 0.1) is 5.92 Å². The Hall–Kier alpha value is -1.36. The third-order valence-electron chi connectivity index (χ3n) is 5.33. The van der Waals surface area contributed by atoms with Crippen molar-refractivity contribution >= 4 is 21.5 Å². The molecule has 2 aliphatic heterocycles. The van der Waals surface area contributed by atoms with E-state index in [4.69, 9.17) is 9.73 Å². The molecule has 144 valence electrons. The largest absolute Gasteiger partial charge is 0.379 e. The Morgan fingerprint density at radius 3 is 2.85 bits per heavy atom. The van der Waals surface area contributed by atoms with Crippen LogP contribution < -0.4 is 5.32 Å². The second-order valence-corrected chi connectivity index (χ2v) is 9.18. The quantitative estimate of drug-likeness (QED) is 0.756. The van der Waals surface area contributed by atoms with Crippen LogP contribution in [0.25, 0.3) is 0 Å². The maximum Gasteiger partial charge on any atom is 0.268 e. The van der Waals surface area contributed by atoms with Crippen molar-refractivity contribution in [2.45, 2.75) is 37.0 Å². The molecule has 1 saturated carbocycles. The van der Waals surface area contributed by atoms with Gasteiger partial charge in [-0.15, -0.1) is 5.10 Å². The topological polar surface area (TPSA) is 102 Å². The summed E-state index contributed by atoms with van der Waals surface area (Å²) in [5.74, 6) is 0.727. The fraction of sp³-hybridized carbons (Fsp3) is 0.812. The zero-order valence-corrected chi connectivity index (χ0v) is 15.9. The number of nitrogens with zero attached hydrogens (tertiary/aromatic N) is 5. The van der Waals surface area contributed by atoms with Crippen LogP contribution in [0.2, 0.25) is 0 Å². The van der Waals surface area contributed by atoms with Crippen LogP contribution >= 0.6 is 0 Å². The van der Waals surface area contributed by atoms with Gasteiger partial charge in [-0.25, -0.2) is 18.1 Å². The lowest BCUT2D eigenvalue weighted by Gasteiger charge is -2.34. The molecule has 4 rings (SSSR count). The Bertz CT molecular complexity index is 784. The maximum absolute atomic E-state index is 11.7. The number of morpholine rings is 1. The van der Waals surface area contributed by atoms with Crippen molar-refractivity contribution in [3.63, 3.8) is 0 Å². The Morgan fingerprint density at radius 2 is 2.08 bits per heavy atom. The first-order valence-electron chi connectivity index (χ1n) is 9.27. The van der Waals surface area contributed by atoms with Gasteiger partial charge in [-0.2, -0.15) is 4.98 Å². The van der Waals surface area contributed by atoms with E-state index in [-0.39, 0.29) is 11.2 Å². The van der Waals surface area contributed by atoms with Gasteiger partial charge < -0.3 is 10.1 Å². The molecule has 1 saturated heterocycles. The van der Waals surface area contributed by atoms with Gasteiger partial charge in [-0.3, -0.25) is 4.90 Å². The van der Waals surface area contributed by atoms with Crippen LogP contribution in [0.4, 0.5) is 5.95 Å². The van der Waals surface area contributed by atoms with Crippen molar-refractivity contribution in [2.24, 2.45) is 10.9 Å². The van der Waals surface area contributed by atoms with E-state index in [0.717, 1.165) is 70.6 Å². The van der Waals surface area contributed by atoms with Crippen molar-refractivity contribution in [3.05, 3.63) is 0 Å². The van der Waals surface area contributed by atoms with E-state index < -0.39 is 9.84 Å². The molecule has 2 fully saturated rings. The molecule has 1 aromatic heterocycles. The number of ether oxygens (including phenoxy) is 1. The van der Waals surface area contributed by atoms with Gasteiger partial charge in [0.1, 0.15) is 0 Å². The van der Waals surface area contributed by atoms with Crippen molar-refractivity contribution in [2.75, 3.05) is 45.6 Å². The van der Waals surface area contributed by atoms with Gasteiger partial charge in [0.15, 0.2) is 0 Å². The predicted octanol–water partition coefficient (Wildman–Crippen LogP) is -0.142. The molecule has 10 heteroatoms. The van der Waals surface area contributed by atoms with Crippen molar-refractivity contribution in [3.8, 4) is 0 Å². The van der Waals surface area contributed by atoms with Gasteiger partial charge in [0.25, 0.3) is 5.16 Å². The van der Waals surface area contributed by atoms with Gasteiger partial charge in [-0.05, 0) is 12.8 Å². The van der Waals surface area contributed by atoms with Crippen LogP contribution in [0.15, 0.2) is 10.1 Å². The normalized spacial score (nSPS) is 26.9. The standard InChI is InChI=1S/C16H26N6O3S/c1-26(23,24)16-19-15-18-14-12(11-22(15)20-16)3-2-4-13(14)17-5-6-21-7-9-25-10-8-21/h12-13,17H,2-11H2,1H3. The second-order valence-electron chi connectivity index (χ2n) is 7.27. The molecule has 2 unspecified atom stereocenters. The van der Waals surface area contributed by atoms with E-state index in [1.807, 2.05) is 0 Å².